The van der Waals surface area contributed by atoms with Gasteiger partial charge in [-0.05, 0) is 37.0 Å². The Balaban J connectivity index is 2.35. The molecule has 0 heterocycles. The molecule has 0 aliphatic rings. The first-order valence-electron chi connectivity index (χ1n) is 7.03. The molecule has 0 saturated carbocycles. The molecule has 0 aromatic heterocycles. The maximum Gasteiger partial charge on any atom is 0.322 e. The van der Waals surface area contributed by atoms with Crippen molar-refractivity contribution in [2.24, 2.45) is 5.92 Å². The molecule has 0 amide bonds. The van der Waals surface area contributed by atoms with Gasteiger partial charge in [-0.2, -0.15) is 0 Å². The van der Waals surface area contributed by atoms with Crippen LogP contribution in [0.1, 0.15) is 25.8 Å². The van der Waals surface area contributed by atoms with E-state index in [-0.39, 0.29) is 12.0 Å². The minimum Gasteiger partial charge on any atom is -0.492 e. The average molecular weight is 279 g/mol. The van der Waals surface area contributed by atoms with Crippen molar-refractivity contribution in [2.45, 2.75) is 33.2 Å². The molecular formula is C16H25NO3. The van der Waals surface area contributed by atoms with Crippen LogP contribution in [-0.2, 0) is 9.53 Å². The Hall–Kier alpha value is -1.55. The molecule has 0 bridgehead atoms. The number of aryl methyl sites for hydroxylation is 1. The highest BCUT2D eigenvalue weighted by Crippen LogP contribution is 2.12. The first kappa shape index (κ1) is 16.5. The van der Waals surface area contributed by atoms with E-state index in [0.717, 1.165) is 12.2 Å². The highest BCUT2D eigenvalue weighted by molar-refractivity contribution is 5.75. The van der Waals surface area contributed by atoms with Crippen LogP contribution >= 0.6 is 0 Å². The SMILES string of the molecule is COC(=O)C(CC(C)C)NCCOc1cccc(C)c1. The van der Waals surface area contributed by atoms with E-state index >= 15 is 0 Å². The first-order chi connectivity index (χ1) is 9.52. The first-order valence-corrected chi connectivity index (χ1v) is 7.03. The lowest BCUT2D eigenvalue weighted by Gasteiger charge is -2.18. The van der Waals surface area contributed by atoms with Crippen LogP contribution in [0, 0.1) is 12.8 Å². The van der Waals surface area contributed by atoms with Gasteiger partial charge in [-0.1, -0.05) is 26.0 Å². The summed E-state index contributed by atoms with van der Waals surface area (Å²) < 4.78 is 10.4. The average Bonchev–Trinajstić information content (AvgIpc) is 2.41. The fourth-order valence-corrected chi connectivity index (χ4v) is 1.98. The van der Waals surface area contributed by atoms with Crippen molar-refractivity contribution in [2.75, 3.05) is 20.3 Å². The third kappa shape index (κ3) is 6.06. The van der Waals surface area contributed by atoms with E-state index in [0.29, 0.717) is 19.1 Å². The number of carbonyl (C=O) groups is 1. The quantitative estimate of drug-likeness (QED) is 0.587. The second-order valence-electron chi connectivity index (χ2n) is 5.32. The van der Waals surface area contributed by atoms with E-state index in [1.165, 1.54) is 12.7 Å². The molecule has 1 rings (SSSR count). The number of ether oxygens (including phenoxy) is 2. The second kappa shape index (κ2) is 8.59. The van der Waals surface area contributed by atoms with Crippen molar-refractivity contribution < 1.29 is 14.3 Å². The van der Waals surface area contributed by atoms with Crippen molar-refractivity contribution in [3.63, 3.8) is 0 Å². The van der Waals surface area contributed by atoms with E-state index in [1.807, 2.05) is 31.2 Å². The highest BCUT2D eigenvalue weighted by atomic mass is 16.5. The summed E-state index contributed by atoms with van der Waals surface area (Å²) in [7, 11) is 1.42. The second-order valence-corrected chi connectivity index (χ2v) is 5.32. The van der Waals surface area contributed by atoms with Crippen LogP contribution in [-0.4, -0.2) is 32.3 Å². The molecule has 4 nitrogen and oxygen atoms in total. The van der Waals surface area contributed by atoms with Gasteiger partial charge in [0, 0.05) is 6.54 Å². The molecule has 4 heteroatoms. The third-order valence-electron chi connectivity index (χ3n) is 2.94. The van der Waals surface area contributed by atoms with Gasteiger partial charge in [0.1, 0.15) is 18.4 Å². The fourth-order valence-electron chi connectivity index (χ4n) is 1.98. The van der Waals surface area contributed by atoms with E-state index in [9.17, 15) is 4.79 Å². The van der Waals surface area contributed by atoms with Gasteiger partial charge < -0.3 is 14.8 Å². The number of methoxy groups -OCH3 is 1. The molecule has 1 unspecified atom stereocenters. The zero-order valence-corrected chi connectivity index (χ0v) is 12.8. The molecule has 1 N–H and O–H groups in total. The predicted octanol–water partition coefficient (Wildman–Crippen LogP) is 2.55. The van der Waals surface area contributed by atoms with E-state index < -0.39 is 0 Å². The molecule has 1 aromatic rings. The molecule has 0 aliphatic carbocycles. The lowest BCUT2D eigenvalue weighted by atomic mass is 10.0. The van der Waals surface area contributed by atoms with Gasteiger partial charge in [-0.25, -0.2) is 0 Å². The molecule has 0 radical (unpaired) electrons. The molecule has 0 spiro atoms. The molecule has 0 fully saturated rings. The fraction of sp³-hybridized carbons (Fsp3) is 0.562. The van der Waals surface area contributed by atoms with Crippen molar-refractivity contribution in [1.29, 1.82) is 0 Å². The van der Waals surface area contributed by atoms with Crippen LogP contribution in [0.2, 0.25) is 0 Å². The van der Waals surface area contributed by atoms with Gasteiger partial charge >= 0.3 is 5.97 Å². The van der Waals surface area contributed by atoms with Crippen molar-refractivity contribution in [3.8, 4) is 5.75 Å². The summed E-state index contributed by atoms with van der Waals surface area (Å²) in [4.78, 5) is 11.6. The van der Waals surface area contributed by atoms with Crippen LogP contribution in [0.4, 0.5) is 0 Å². The van der Waals surface area contributed by atoms with E-state index in [1.54, 1.807) is 0 Å². The molecule has 1 aromatic carbocycles. The van der Waals surface area contributed by atoms with Crippen molar-refractivity contribution in [1.82, 2.24) is 5.32 Å². The maximum absolute atomic E-state index is 11.6. The topological polar surface area (TPSA) is 47.6 Å². The standard InChI is InChI=1S/C16H25NO3/c1-12(2)10-15(16(18)19-4)17-8-9-20-14-7-5-6-13(3)11-14/h5-7,11-12,15,17H,8-10H2,1-4H3. The van der Waals surface area contributed by atoms with Gasteiger partial charge in [0.2, 0.25) is 0 Å². The van der Waals surface area contributed by atoms with Gasteiger partial charge in [0.25, 0.3) is 0 Å². The van der Waals surface area contributed by atoms with Gasteiger partial charge in [-0.15, -0.1) is 0 Å². The zero-order valence-electron chi connectivity index (χ0n) is 12.8. The number of nitrogens with one attached hydrogen (secondary N) is 1. The molecule has 20 heavy (non-hydrogen) atoms. The molecule has 0 saturated heterocycles. The summed E-state index contributed by atoms with van der Waals surface area (Å²) in [6.45, 7) is 7.33. The van der Waals surface area contributed by atoms with E-state index in [2.05, 4.69) is 19.2 Å². The number of benzene rings is 1. The molecule has 1 atom stereocenters. The summed E-state index contributed by atoms with van der Waals surface area (Å²) in [6, 6.07) is 7.65. The Morgan fingerprint density at radius 3 is 2.70 bits per heavy atom. The number of rotatable bonds is 8. The summed E-state index contributed by atoms with van der Waals surface area (Å²) >= 11 is 0. The smallest absolute Gasteiger partial charge is 0.322 e. The summed E-state index contributed by atoms with van der Waals surface area (Å²) in [6.07, 6.45) is 0.761. The van der Waals surface area contributed by atoms with Gasteiger partial charge in [-0.3, -0.25) is 4.79 Å². The van der Waals surface area contributed by atoms with Gasteiger partial charge in [0.05, 0.1) is 7.11 Å². The highest BCUT2D eigenvalue weighted by Gasteiger charge is 2.19. The Labute approximate surface area is 121 Å². The van der Waals surface area contributed by atoms with Crippen LogP contribution in [0.3, 0.4) is 0 Å². The van der Waals surface area contributed by atoms with Gasteiger partial charge in [0.15, 0.2) is 0 Å². The Kier molecular flexibility index (Phi) is 7.09. The lowest BCUT2D eigenvalue weighted by molar-refractivity contribution is -0.143. The number of carbonyl (C=O) groups excluding carboxylic acids is 1. The van der Waals surface area contributed by atoms with Crippen molar-refractivity contribution in [3.05, 3.63) is 29.8 Å². The Morgan fingerprint density at radius 2 is 2.10 bits per heavy atom. The Bertz CT molecular complexity index is 418. The molecular weight excluding hydrogens is 254 g/mol. The summed E-state index contributed by atoms with van der Waals surface area (Å²) in [5.41, 5.74) is 1.17. The largest absolute Gasteiger partial charge is 0.492 e. The zero-order chi connectivity index (χ0) is 15.0. The molecule has 0 aliphatic heterocycles. The minimum atomic E-state index is -0.263. The molecule has 112 valence electrons. The van der Waals surface area contributed by atoms with Crippen LogP contribution in [0.5, 0.6) is 5.75 Å². The monoisotopic (exact) mass is 279 g/mol. The predicted molar refractivity (Wildman–Crippen MR) is 79.9 cm³/mol. The third-order valence-corrected chi connectivity index (χ3v) is 2.94. The summed E-state index contributed by atoms with van der Waals surface area (Å²) in [5.74, 6) is 1.07. The van der Waals surface area contributed by atoms with Crippen LogP contribution in [0.25, 0.3) is 0 Å². The van der Waals surface area contributed by atoms with E-state index in [4.69, 9.17) is 9.47 Å². The van der Waals surface area contributed by atoms with Crippen LogP contribution in [0.15, 0.2) is 24.3 Å². The Morgan fingerprint density at radius 1 is 1.35 bits per heavy atom. The van der Waals surface area contributed by atoms with Crippen LogP contribution < -0.4 is 10.1 Å². The normalized spacial score (nSPS) is 12.2. The lowest BCUT2D eigenvalue weighted by Crippen LogP contribution is -2.40. The summed E-state index contributed by atoms with van der Waals surface area (Å²) in [5, 5.41) is 3.19. The van der Waals surface area contributed by atoms with Crippen molar-refractivity contribution >= 4 is 5.97 Å². The number of hydrogen-bond donors (Lipinski definition) is 1. The number of hydrogen-bond acceptors (Lipinski definition) is 4. The number of esters is 1. The minimum absolute atomic E-state index is 0.214. The maximum atomic E-state index is 11.6.